The van der Waals surface area contributed by atoms with Crippen LogP contribution in [0.4, 0.5) is 0 Å². The molecule has 1 aliphatic heterocycles. The van der Waals surface area contributed by atoms with Gasteiger partial charge in [-0.05, 0) is 27.7 Å². The maximum atomic E-state index is 12.9. The normalized spacial score (nSPS) is 18.7. The SMILES string of the molecule is CCc1nnc(CN(C(=O)CC2C(=O)NCCN2C(C)C)C(C)C)o1. The number of piperazine rings is 1. The molecule has 2 amide bonds. The molecule has 0 spiro atoms. The van der Waals surface area contributed by atoms with Crippen LogP contribution in [0.15, 0.2) is 4.42 Å². The molecule has 2 heterocycles. The van der Waals surface area contributed by atoms with Crippen LogP contribution in [0.1, 0.15) is 52.8 Å². The molecular weight excluding hydrogens is 322 g/mol. The van der Waals surface area contributed by atoms with Gasteiger partial charge in [0, 0.05) is 31.6 Å². The van der Waals surface area contributed by atoms with E-state index in [2.05, 4.69) is 20.4 Å². The van der Waals surface area contributed by atoms with Crippen molar-refractivity contribution in [2.45, 2.75) is 72.1 Å². The third-order valence-electron chi connectivity index (χ3n) is 4.46. The molecule has 1 unspecified atom stereocenters. The van der Waals surface area contributed by atoms with Crippen molar-refractivity contribution < 1.29 is 14.0 Å². The Morgan fingerprint density at radius 3 is 2.56 bits per heavy atom. The Hall–Kier alpha value is -1.96. The molecule has 0 aromatic carbocycles. The molecule has 1 aromatic heterocycles. The largest absolute Gasteiger partial charge is 0.423 e. The Balaban J connectivity index is 2.09. The molecule has 0 radical (unpaired) electrons. The van der Waals surface area contributed by atoms with Gasteiger partial charge in [-0.1, -0.05) is 6.92 Å². The lowest BCUT2D eigenvalue weighted by Gasteiger charge is -2.38. The van der Waals surface area contributed by atoms with Crippen LogP contribution >= 0.6 is 0 Å². The van der Waals surface area contributed by atoms with E-state index < -0.39 is 6.04 Å². The first-order valence-electron chi connectivity index (χ1n) is 8.97. The highest BCUT2D eigenvalue weighted by atomic mass is 16.4. The molecule has 2 rings (SSSR count). The van der Waals surface area contributed by atoms with Gasteiger partial charge in [0.15, 0.2) is 0 Å². The number of nitrogens with one attached hydrogen (secondary N) is 1. The second-order valence-corrected chi connectivity index (χ2v) is 6.90. The third kappa shape index (κ3) is 4.78. The molecule has 8 heteroatoms. The quantitative estimate of drug-likeness (QED) is 0.787. The Kier molecular flexibility index (Phi) is 6.52. The predicted octanol–water partition coefficient (Wildman–Crippen LogP) is 0.968. The molecule has 1 atom stereocenters. The van der Waals surface area contributed by atoms with Gasteiger partial charge in [-0.15, -0.1) is 10.2 Å². The first kappa shape index (κ1) is 19.4. The Morgan fingerprint density at radius 2 is 2.00 bits per heavy atom. The van der Waals surface area contributed by atoms with E-state index in [0.717, 1.165) is 6.54 Å². The zero-order chi connectivity index (χ0) is 18.6. The lowest BCUT2D eigenvalue weighted by Crippen LogP contribution is -2.58. The van der Waals surface area contributed by atoms with Gasteiger partial charge in [0.05, 0.1) is 19.0 Å². The zero-order valence-corrected chi connectivity index (χ0v) is 15.8. The maximum Gasteiger partial charge on any atom is 0.237 e. The molecule has 1 saturated heterocycles. The number of amides is 2. The van der Waals surface area contributed by atoms with Crippen LogP contribution in [0, 0.1) is 0 Å². The van der Waals surface area contributed by atoms with Crippen LogP contribution in [0.2, 0.25) is 0 Å². The highest BCUT2D eigenvalue weighted by Gasteiger charge is 2.34. The molecule has 140 valence electrons. The van der Waals surface area contributed by atoms with Crippen LogP contribution < -0.4 is 5.32 Å². The van der Waals surface area contributed by atoms with Crippen molar-refractivity contribution in [2.75, 3.05) is 13.1 Å². The molecule has 0 saturated carbocycles. The van der Waals surface area contributed by atoms with Gasteiger partial charge in [-0.2, -0.15) is 0 Å². The van der Waals surface area contributed by atoms with E-state index in [4.69, 9.17) is 4.42 Å². The van der Waals surface area contributed by atoms with Crippen molar-refractivity contribution in [2.24, 2.45) is 0 Å². The van der Waals surface area contributed by atoms with Crippen molar-refractivity contribution >= 4 is 11.8 Å². The second kappa shape index (κ2) is 8.42. The lowest BCUT2D eigenvalue weighted by atomic mass is 10.1. The fourth-order valence-electron chi connectivity index (χ4n) is 3.04. The summed E-state index contributed by atoms with van der Waals surface area (Å²) < 4.78 is 5.53. The van der Waals surface area contributed by atoms with Gasteiger partial charge in [0.25, 0.3) is 0 Å². The Labute approximate surface area is 148 Å². The molecule has 0 aliphatic carbocycles. The molecule has 1 aromatic rings. The number of aryl methyl sites for hydroxylation is 1. The minimum atomic E-state index is -0.434. The summed E-state index contributed by atoms with van der Waals surface area (Å²) in [5.41, 5.74) is 0. The van der Waals surface area contributed by atoms with E-state index in [9.17, 15) is 9.59 Å². The van der Waals surface area contributed by atoms with Crippen molar-refractivity contribution in [1.29, 1.82) is 0 Å². The van der Waals surface area contributed by atoms with E-state index in [1.165, 1.54) is 0 Å². The summed E-state index contributed by atoms with van der Waals surface area (Å²) in [7, 11) is 0. The first-order chi connectivity index (χ1) is 11.8. The van der Waals surface area contributed by atoms with Gasteiger partial charge in [0.1, 0.15) is 0 Å². The number of hydrogen-bond donors (Lipinski definition) is 1. The number of hydrogen-bond acceptors (Lipinski definition) is 6. The predicted molar refractivity (Wildman–Crippen MR) is 92.6 cm³/mol. The van der Waals surface area contributed by atoms with Gasteiger partial charge in [-0.25, -0.2) is 0 Å². The number of carbonyl (C=O) groups is 2. The second-order valence-electron chi connectivity index (χ2n) is 6.90. The first-order valence-corrected chi connectivity index (χ1v) is 8.97. The molecule has 1 N–H and O–H groups in total. The van der Waals surface area contributed by atoms with Crippen LogP contribution in [0.3, 0.4) is 0 Å². The van der Waals surface area contributed by atoms with Gasteiger partial charge < -0.3 is 14.6 Å². The number of carbonyl (C=O) groups excluding carboxylic acids is 2. The van der Waals surface area contributed by atoms with Crippen LogP contribution in [0.25, 0.3) is 0 Å². The fraction of sp³-hybridized carbons (Fsp3) is 0.765. The summed E-state index contributed by atoms with van der Waals surface area (Å²) in [6.45, 7) is 11.5. The summed E-state index contributed by atoms with van der Waals surface area (Å²) in [4.78, 5) is 28.9. The number of aromatic nitrogens is 2. The van der Waals surface area contributed by atoms with Gasteiger partial charge >= 0.3 is 0 Å². The van der Waals surface area contributed by atoms with Gasteiger partial charge in [-0.3, -0.25) is 14.5 Å². The smallest absolute Gasteiger partial charge is 0.237 e. The zero-order valence-electron chi connectivity index (χ0n) is 15.8. The van der Waals surface area contributed by atoms with E-state index in [-0.39, 0.29) is 36.9 Å². The summed E-state index contributed by atoms with van der Waals surface area (Å²) in [6.07, 6.45) is 0.811. The summed E-state index contributed by atoms with van der Waals surface area (Å²) >= 11 is 0. The van der Waals surface area contributed by atoms with E-state index in [0.29, 0.717) is 24.7 Å². The van der Waals surface area contributed by atoms with E-state index in [1.54, 1.807) is 4.90 Å². The van der Waals surface area contributed by atoms with Crippen LogP contribution in [-0.2, 0) is 22.6 Å². The topological polar surface area (TPSA) is 91.6 Å². The maximum absolute atomic E-state index is 12.9. The third-order valence-corrected chi connectivity index (χ3v) is 4.46. The number of nitrogens with zero attached hydrogens (tertiary/aromatic N) is 4. The van der Waals surface area contributed by atoms with Crippen molar-refractivity contribution in [3.8, 4) is 0 Å². The van der Waals surface area contributed by atoms with E-state index >= 15 is 0 Å². The molecular formula is C17H29N5O3. The van der Waals surface area contributed by atoms with Crippen molar-refractivity contribution in [3.63, 3.8) is 0 Å². The average molecular weight is 351 g/mol. The highest BCUT2D eigenvalue weighted by molar-refractivity contribution is 5.89. The summed E-state index contributed by atoms with van der Waals surface area (Å²) in [6, 6.07) is -0.251. The molecule has 8 nitrogen and oxygen atoms in total. The molecule has 0 bridgehead atoms. The Morgan fingerprint density at radius 1 is 1.32 bits per heavy atom. The molecule has 1 aliphatic rings. The fourth-order valence-corrected chi connectivity index (χ4v) is 3.04. The highest BCUT2D eigenvalue weighted by Crippen LogP contribution is 2.17. The lowest BCUT2D eigenvalue weighted by molar-refractivity contribution is -0.141. The molecule has 25 heavy (non-hydrogen) atoms. The average Bonchev–Trinajstić information content (AvgIpc) is 3.01. The number of rotatable bonds is 7. The van der Waals surface area contributed by atoms with Crippen molar-refractivity contribution in [3.05, 3.63) is 11.8 Å². The Bertz CT molecular complexity index is 599. The van der Waals surface area contributed by atoms with Crippen molar-refractivity contribution in [1.82, 2.24) is 25.3 Å². The van der Waals surface area contributed by atoms with Crippen LogP contribution in [-0.4, -0.2) is 63.0 Å². The van der Waals surface area contributed by atoms with Gasteiger partial charge in [0.2, 0.25) is 23.6 Å². The monoisotopic (exact) mass is 351 g/mol. The minimum absolute atomic E-state index is 0.0244. The van der Waals surface area contributed by atoms with E-state index in [1.807, 2.05) is 34.6 Å². The standard InChI is InChI=1S/C17H29N5O3/c1-6-14-19-20-15(25-14)10-22(12(4)5)16(23)9-13-17(24)18-7-8-21(13)11(2)3/h11-13H,6-10H2,1-5H3,(H,18,24). The molecule has 1 fully saturated rings. The van der Waals surface area contributed by atoms with Crippen LogP contribution in [0.5, 0.6) is 0 Å². The summed E-state index contributed by atoms with van der Waals surface area (Å²) in [5, 5.41) is 10.8. The minimum Gasteiger partial charge on any atom is -0.423 e. The summed E-state index contributed by atoms with van der Waals surface area (Å²) in [5.74, 6) is 0.818.